The molecule has 170 valence electrons. The third kappa shape index (κ3) is 3.62. The van der Waals surface area contributed by atoms with Crippen molar-refractivity contribution in [2.24, 2.45) is 0 Å². The molecule has 9 heteroatoms. The highest BCUT2D eigenvalue weighted by molar-refractivity contribution is 5.75. The van der Waals surface area contributed by atoms with Crippen LogP contribution in [0.15, 0.2) is 46.0 Å². The molecule has 1 aliphatic carbocycles. The van der Waals surface area contributed by atoms with Crippen molar-refractivity contribution in [3.63, 3.8) is 0 Å². The third-order valence-corrected chi connectivity index (χ3v) is 6.11. The van der Waals surface area contributed by atoms with E-state index in [0.717, 1.165) is 11.3 Å². The molecule has 0 fully saturated rings. The second kappa shape index (κ2) is 8.66. The van der Waals surface area contributed by atoms with Crippen LogP contribution in [-0.4, -0.2) is 43.0 Å². The summed E-state index contributed by atoms with van der Waals surface area (Å²) in [5, 5.41) is 13.5. The number of anilines is 1. The van der Waals surface area contributed by atoms with Gasteiger partial charge in [-0.2, -0.15) is 4.98 Å². The van der Waals surface area contributed by atoms with Crippen LogP contribution < -0.4 is 21.3 Å². The minimum absolute atomic E-state index is 0.0779. The van der Waals surface area contributed by atoms with Crippen LogP contribution in [0.4, 0.5) is 5.95 Å². The van der Waals surface area contributed by atoms with Crippen LogP contribution in [0.3, 0.4) is 0 Å². The van der Waals surface area contributed by atoms with Gasteiger partial charge in [0.15, 0.2) is 11.2 Å². The quantitative estimate of drug-likeness (QED) is 0.520. The summed E-state index contributed by atoms with van der Waals surface area (Å²) in [7, 11) is 1.61. The van der Waals surface area contributed by atoms with Crippen molar-refractivity contribution < 1.29 is 9.84 Å². The van der Waals surface area contributed by atoms with E-state index >= 15 is 0 Å². The Kier molecular flexibility index (Phi) is 5.92. The lowest BCUT2D eigenvalue weighted by Crippen LogP contribution is -2.41. The molecule has 3 aromatic rings. The van der Waals surface area contributed by atoms with E-state index in [1.54, 1.807) is 14.0 Å². The number of aromatic nitrogens is 4. The molecule has 1 aliphatic rings. The lowest BCUT2D eigenvalue weighted by Gasteiger charge is -2.29. The minimum atomic E-state index is -0.583. The summed E-state index contributed by atoms with van der Waals surface area (Å²) in [5.41, 5.74) is 0.349. The molecule has 0 atom stereocenters. The van der Waals surface area contributed by atoms with Gasteiger partial charge in [0.2, 0.25) is 5.95 Å². The van der Waals surface area contributed by atoms with Gasteiger partial charge in [0.25, 0.3) is 5.56 Å². The number of aliphatic hydroxyl groups is 1. The van der Waals surface area contributed by atoms with E-state index in [0.29, 0.717) is 43.0 Å². The monoisotopic (exact) mass is 439 g/mol. The first-order chi connectivity index (χ1) is 15.5. The molecule has 0 saturated heterocycles. The first-order valence-electron chi connectivity index (χ1n) is 10.9. The summed E-state index contributed by atoms with van der Waals surface area (Å²) in [6.07, 6.45) is 5.33. The number of aliphatic hydroxyl groups excluding tert-OH is 1. The van der Waals surface area contributed by atoms with E-state index in [4.69, 9.17) is 9.72 Å². The van der Waals surface area contributed by atoms with Gasteiger partial charge in [-0.15, -0.1) is 0 Å². The second-order valence-corrected chi connectivity index (χ2v) is 8.06. The molecule has 2 heterocycles. The average molecular weight is 440 g/mol. The molecule has 0 aliphatic heterocycles. The number of nitrogens with zero attached hydrogens (tertiary/aromatic N) is 4. The predicted molar refractivity (Wildman–Crippen MR) is 124 cm³/mol. The number of aryl methyl sites for hydroxylation is 1. The Morgan fingerprint density at radius 2 is 1.72 bits per heavy atom. The number of rotatable bonds is 8. The highest BCUT2D eigenvalue weighted by Crippen LogP contribution is 2.29. The van der Waals surface area contributed by atoms with Gasteiger partial charge in [-0.05, 0) is 44.4 Å². The van der Waals surface area contributed by atoms with Gasteiger partial charge in [0.05, 0.1) is 25.8 Å². The number of fused-ring (bicyclic) bond motifs is 1. The Morgan fingerprint density at radius 3 is 2.28 bits per heavy atom. The average Bonchev–Trinajstić information content (AvgIpc) is 3.41. The van der Waals surface area contributed by atoms with Crippen molar-refractivity contribution >= 4 is 17.1 Å². The second-order valence-electron chi connectivity index (χ2n) is 8.06. The molecule has 0 amide bonds. The Bertz CT molecular complexity index is 1260. The summed E-state index contributed by atoms with van der Waals surface area (Å²) in [6.45, 7) is 4.60. The molecule has 2 aromatic heterocycles. The first-order valence-corrected chi connectivity index (χ1v) is 10.9. The van der Waals surface area contributed by atoms with Crippen LogP contribution in [-0.2, 0) is 19.6 Å². The number of hydrogen-bond donors (Lipinski definition) is 2. The molecule has 0 saturated carbocycles. The number of nitrogens with one attached hydrogen (secondary N) is 1. The molecule has 0 unspecified atom stereocenters. The fourth-order valence-corrected chi connectivity index (χ4v) is 4.23. The van der Waals surface area contributed by atoms with E-state index in [1.165, 1.54) is 9.13 Å². The molecule has 1 aromatic carbocycles. The Morgan fingerprint density at radius 1 is 1.06 bits per heavy atom. The molecule has 2 N–H and O–H groups in total. The summed E-state index contributed by atoms with van der Waals surface area (Å²) in [5.74, 6) is 1.20. The maximum atomic E-state index is 13.3. The molecular formula is C23H29N5O4. The Labute approximate surface area is 185 Å². The molecule has 9 nitrogen and oxygen atoms in total. The van der Waals surface area contributed by atoms with E-state index in [1.807, 2.05) is 47.9 Å². The highest BCUT2D eigenvalue weighted by atomic mass is 16.5. The zero-order chi connectivity index (χ0) is 22.9. The van der Waals surface area contributed by atoms with E-state index in [2.05, 4.69) is 5.32 Å². The van der Waals surface area contributed by atoms with Crippen molar-refractivity contribution in [2.45, 2.75) is 51.9 Å². The maximum Gasteiger partial charge on any atom is 0.332 e. The highest BCUT2D eigenvalue weighted by Gasteiger charge is 2.33. The number of imidazole rings is 1. The largest absolute Gasteiger partial charge is 0.497 e. The Hall–Kier alpha value is -3.33. The molecule has 0 bridgehead atoms. The third-order valence-electron chi connectivity index (χ3n) is 6.11. The fourth-order valence-electron chi connectivity index (χ4n) is 4.23. The van der Waals surface area contributed by atoms with Crippen molar-refractivity contribution in [1.82, 2.24) is 18.7 Å². The smallest absolute Gasteiger partial charge is 0.332 e. The minimum Gasteiger partial charge on any atom is -0.497 e. The van der Waals surface area contributed by atoms with Gasteiger partial charge in [-0.1, -0.05) is 24.3 Å². The first kappa shape index (κ1) is 21.9. The molecular weight excluding hydrogens is 410 g/mol. The summed E-state index contributed by atoms with van der Waals surface area (Å²) < 4.78 is 9.82. The van der Waals surface area contributed by atoms with Crippen LogP contribution >= 0.6 is 0 Å². The number of methoxy groups -OCH3 is 1. The van der Waals surface area contributed by atoms with E-state index in [9.17, 15) is 14.7 Å². The molecule has 32 heavy (non-hydrogen) atoms. The zero-order valence-electron chi connectivity index (χ0n) is 18.7. The predicted octanol–water partition coefficient (Wildman–Crippen LogP) is 1.95. The molecule has 0 radical (unpaired) electrons. The topological polar surface area (TPSA) is 103 Å². The Balaban J connectivity index is 1.94. The van der Waals surface area contributed by atoms with Crippen LogP contribution in [0, 0.1) is 0 Å². The van der Waals surface area contributed by atoms with Crippen molar-refractivity contribution in [3.8, 4) is 5.75 Å². The van der Waals surface area contributed by atoms with Crippen molar-refractivity contribution in [2.75, 3.05) is 19.0 Å². The molecule has 4 rings (SSSR count). The van der Waals surface area contributed by atoms with Crippen LogP contribution in [0.25, 0.3) is 11.2 Å². The normalized spacial score (nSPS) is 14.9. The van der Waals surface area contributed by atoms with Crippen molar-refractivity contribution in [3.05, 3.63) is 62.8 Å². The van der Waals surface area contributed by atoms with Crippen LogP contribution in [0.2, 0.25) is 0 Å². The SMILES string of the molecule is CCn1c(=O)c2c(nc(NC3(CO)CC=CC3)n2Cc2ccc(OC)cc2)n(CC)c1=O. The van der Waals surface area contributed by atoms with Gasteiger partial charge in [0.1, 0.15) is 5.75 Å². The lowest BCUT2D eigenvalue weighted by molar-refractivity contribution is 0.217. The van der Waals surface area contributed by atoms with Crippen LogP contribution in [0.1, 0.15) is 32.3 Å². The number of benzene rings is 1. The number of hydrogen-bond acceptors (Lipinski definition) is 6. The van der Waals surface area contributed by atoms with Gasteiger partial charge in [-0.25, -0.2) is 4.79 Å². The lowest BCUT2D eigenvalue weighted by atomic mass is 9.98. The van der Waals surface area contributed by atoms with Gasteiger partial charge < -0.3 is 15.2 Å². The fraction of sp³-hybridized carbons (Fsp3) is 0.435. The van der Waals surface area contributed by atoms with Gasteiger partial charge in [-0.3, -0.25) is 18.5 Å². The summed E-state index contributed by atoms with van der Waals surface area (Å²) in [4.78, 5) is 30.9. The van der Waals surface area contributed by atoms with E-state index < -0.39 is 5.54 Å². The van der Waals surface area contributed by atoms with Crippen molar-refractivity contribution in [1.29, 1.82) is 0 Å². The van der Waals surface area contributed by atoms with Gasteiger partial charge in [0, 0.05) is 13.1 Å². The summed E-state index contributed by atoms with van der Waals surface area (Å²) in [6, 6.07) is 7.59. The number of ether oxygens (including phenoxy) is 1. The molecule has 0 spiro atoms. The zero-order valence-corrected chi connectivity index (χ0v) is 18.7. The standard InChI is InChI=1S/C23H29N5O4/c1-4-26-19-18(20(30)27(5-2)22(26)31)28(14-16-8-10-17(32-3)11-9-16)21(24-19)25-23(15-29)12-6-7-13-23/h6-11,29H,4-5,12-15H2,1-3H3,(H,24,25). The van der Waals surface area contributed by atoms with Crippen LogP contribution in [0.5, 0.6) is 5.75 Å². The maximum absolute atomic E-state index is 13.3. The van der Waals surface area contributed by atoms with Gasteiger partial charge >= 0.3 is 5.69 Å². The summed E-state index contributed by atoms with van der Waals surface area (Å²) >= 11 is 0. The van der Waals surface area contributed by atoms with E-state index in [-0.39, 0.29) is 24.4 Å².